The number of phenols is 2. The first-order valence-electron chi connectivity index (χ1n) is 7.05. The van der Waals surface area contributed by atoms with E-state index >= 15 is 0 Å². The highest BCUT2D eigenvalue weighted by Crippen LogP contribution is 2.37. The van der Waals surface area contributed by atoms with Gasteiger partial charge in [0.1, 0.15) is 11.5 Å². The minimum Gasteiger partial charge on any atom is -0.508 e. The van der Waals surface area contributed by atoms with Gasteiger partial charge in [0.2, 0.25) is 0 Å². The van der Waals surface area contributed by atoms with Crippen LogP contribution in [-0.2, 0) is 11.3 Å². The average molecular weight is 286 g/mol. The Labute approximate surface area is 125 Å². The molecule has 0 heterocycles. The second-order valence-electron chi connectivity index (χ2n) is 6.32. The number of benzene rings is 2. The zero-order valence-corrected chi connectivity index (χ0v) is 12.7. The topological polar surface area (TPSA) is 49.7 Å². The molecule has 21 heavy (non-hydrogen) atoms. The lowest BCUT2D eigenvalue weighted by Gasteiger charge is -2.31. The van der Waals surface area contributed by atoms with Crippen molar-refractivity contribution in [1.29, 1.82) is 0 Å². The van der Waals surface area contributed by atoms with Crippen LogP contribution < -0.4 is 0 Å². The molecular formula is C18H22O3. The van der Waals surface area contributed by atoms with Gasteiger partial charge in [-0.2, -0.15) is 0 Å². The molecule has 0 radical (unpaired) electrons. The lowest BCUT2D eigenvalue weighted by Crippen LogP contribution is -2.21. The van der Waals surface area contributed by atoms with Crippen molar-refractivity contribution >= 4 is 0 Å². The molecule has 0 fully saturated rings. The Morgan fingerprint density at radius 3 is 1.81 bits per heavy atom. The van der Waals surface area contributed by atoms with E-state index in [0.29, 0.717) is 6.61 Å². The molecule has 3 heteroatoms. The SMILES string of the molecule is CC(C)(C)C(OCc1ccc(O)cc1)c1ccc(O)cc1. The molecule has 112 valence electrons. The summed E-state index contributed by atoms with van der Waals surface area (Å²) in [5.74, 6) is 0.509. The van der Waals surface area contributed by atoms with Gasteiger partial charge < -0.3 is 14.9 Å². The summed E-state index contributed by atoms with van der Waals surface area (Å²) in [6, 6.07) is 14.2. The molecule has 0 amide bonds. The fourth-order valence-electron chi connectivity index (χ4n) is 2.27. The third kappa shape index (κ3) is 4.23. The van der Waals surface area contributed by atoms with Gasteiger partial charge in [-0.3, -0.25) is 0 Å². The monoisotopic (exact) mass is 286 g/mol. The molecule has 2 N–H and O–H groups in total. The van der Waals surface area contributed by atoms with Crippen molar-refractivity contribution in [3.63, 3.8) is 0 Å². The maximum atomic E-state index is 9.41. The van der Waals surface area contributed by atoms with Crippen molar-refractivity contribution in [3.8, 4) is 11.5 Å². The molecule has 1 atom stereocenters. The highest BCUT2D eigenvalue weighted by Gasteiger charge is 2.27. The summed E-state index contributed by atoms with van der Waals surface area (Å²) >= 11 is 0. The number of rotatable bonds is 4. The van der Waals surface area contributed by atoms with Gasteiger partial charge in [0.05, 0.1) is 12.7 Å². The Morgan fingerprint density at radius 2 is 1.33 bits per heavy atom. The molecular weight excluding hydrogens is 264 g/mol. The van der Waals surface area contributed by atoms with Crippen LogP contribution in [0.5, 0.6) is 11.5 Å². The van der Waals surface area contributed by atoms with Crippen LogP contribution >= 0.6 is 0 Å². The quantitative estimate of drug-likeness (QED) is 0.875. The van der Waals surface area contributed by atoms with Crippen LogP contribution in [-0.4, -0.2) is 10.2 Å². The Morgan fingerprint density at radius 1 is 0.857 bits per heavy atom. The van der Waals surface area contributed by atoms with Gasteiger partial charge in [-0.1, -0.05) is 45.0 Å². The van der Waals surface area contributed by atoms with Crippen LogP contribution in [0.15, 0.2) is 48.5 Å². The molecule has 3 nitrogen and oxygen atoms in total. The van der Waals surface area contributed by atoms with Gasteiger partial charge in [-0.15, -0.1) is 0 Å². The number of aromatic hydroxyl groups is 2. The molecule has 0 aliphatic heterocycles. The highest BCUT2D eigenvalue weighted by atomic mass is 16.5. The predicted octanol–water partition coefficient (Wildman–Crippen LogP) is 4.40. The van der Waals surface area contributed by atoms with Crippen LogP contribution in [0.3, 0.4) is 0 Å². The molecule has 2 rings (SSSR count). The summed E-state index contributed by atoms with van der Waals surface area (Å²) < 4.78 is 6.10. The zero-order chi connectivity index (χ0) is 15.5. The number of hydrogen-bond donors (Lipinski definition) is 2. The van der Waals surface area contributed by atoms with Gasteiger partial charge in [0, 0.05) is 0 Å². The first-order valence-corrected chi connectivity index (χ1v) is 7.05. The largest absolute Gasteiger partial charge is 0.508 e. The maximum absolute atomic E-state index is 9.41. The maximum Gasteiger partial charge on any atom is 0.115 e. The minimum absolute atomic E-state index is 0.0616. The second kappa shape index (κ2) is 6.19. The van der Waals surface area contributed by atoms with Crippen LogP contribution in [0, 0.1) is 5.41 Å². The summed E-state index contributed by atoms with van der Waals surface area (Å²) in [6.07, 6.45) is -0.0769. The van der Waals surface area contributed by atoms with E-state index in [9.17, 15) is 10.2 Å². The van der Waals surface area contributed by atoms with Crippen LogP contribution in [0.1, 0.15) is 38.0 Å². The smallest absolute Gasteiger partial charge is 0.115 e. The van der Waals surface area contributed by atoms with E-state index in [0.717, 1.165) is 11.1 Å². The van der Waals surface area contributed by atoms with E-state index in [2.05, 4.69) is 20.8 Å². The van der Waals surface area contributed by atoms with E-state index in [4.69, 9.17) is 4.74 Å². The van der Waals surface area contributed by atoms with Gasteiger partial charge >= 0.3 is 0 Å². The minimum atomic E-state index is -0.0769. The fourth-order valence-corrected chi connectivity index (χ4v) is 2.27. The van der Waals surface area contributed by atoms with Crippen LogP contribution in [0.4, 0.5) is 0 Å². The third-order valence-corrected chi connectivity index (χ3v) is 3.34. The number of hydrogen-bond acceptors (Lipinski definition) is 3. The summed E-state index contributed by atoms with van der Waals surface area (Å²) in [6.45, 7) is 6.85. The average Bonchev–Trinajstić information content (AvgIpc) is 2.42. The molecule has 0 aromatic heterocycles. The summed E-state index contributed by atoms with van der Waals surface area (Å²) in [7, 11) is 0. The van der Waals surface area contributed by atoms with E-state index in [1.54, 1.807) is 24.3 Å². The molecule has 1 unspecified atom stereocenters. The Hall–Kier alpha value is -2.00. The van der Waals surface area contributed by atoms with E-state index < -0.39 is 0 Å². The van der Waals surface area contributed by atoms with Crippen molar-refractivity contribution in [2.75, 3.05) is 0 Å². The van der Waals surface area contributed by atoms with Gasteiger partial charge in [0.25, 0.3) is 0 Å². The van der Waals surface area contributed by atoms with Crippen molar-refractivity contribution in [2.45, 2.75) is 33.5 Å². The summed E-state index contributed by atoms with van der Waals surface area (Å²) in [5.41, 5.74) is 1.99. The van der Waals surface area contributed by atoms with Gasteiger partial charge in [-0.25, -0.2) is 0 Å². The normalized spacial score (nSPS) is 13.1. The van der Waals surface area contributed by atoms with E-state index in [1.807, 2.05) is 24.3 Å². The van der Waals surface area contributed by atoms with Crippen LogP contribution in [0.2, 0.25) is 0 Å². The van der Waals surface area contributed by atoms with Gasteiger partial charge in [-0.05, 0) is 40.8 Å². The standard InChI is InChI=1S/C18H22O3/c1-18(2,3)17(14-6-10-16(20)11-7-14)21-12-13-4-8-15(19)9-5-13/h4-11,17,19-20H,12H2,1-3H3. The molecule has 2 aromatic carbocycles. The molecule has 0 bridgehead atoms. The van der Waals surface area contributed by atoms with Crippen molar-refractivity contribution in [2.24, 2.45) is 5.41 Å². The summed E-state index contributed by atoms with van der Waals surface area (Å²) in [4.78, 5) is 0. The van der Waals surface area contributed by atoms with Crippen molar-refractivity contribution in [3.05, 3.63) is 59.7 Å². The fraction of sp³-hybridized carbons (Fsp3) is 0.333. The third-order valence-electron chi connectivity index (χ3n) is 3.34. The number of phenolic OH excluding ortho intramolecular Hbond substituents is 2. The van der Waals surface area contributed by atoms with E-state index in [-0.39, 0.29) is 23.0 Å². The first kappa shape index (κ1) is 15.4. The van der Waals surface area contributed by atoms with Crippen LogP contribution in [0.25, 0.3) is 0 Å². The zero-order valence-electron chi connectivity index (χ0n) is 12.7. The highest BCUT2D eigenvalue weighted by molar-refractivity contribution is 5.29. The number of ether oxygens (including phenoxy) is 1. The molecule has 0 spiro atoms. The predicted molar refractivity (Wildman–Crippen MR) is 83.2 cm³/mol. The first-order chi connectivity index (χ1) is 9.86. The lowest BCUT2D eigenvalue weighted by molar-refractivity contribution is -0.0304. The molecule has 2 aromatic rings. The lowest BCUT2D eigenvalue weighted by atomic mass is 9.84. The Balaban J connectivity index is 2.14. The van der Waals surface area contributed by atoms with Crippen molar-refractivity contribution in [1.82, 2.24) is 0 Å². The van der Waals surface area contributed by atoms with Gasteiger partial charge in [0.15, 0.2) is 0 Å². The van der Waals surface area contributed by atoms with Crippen molar-refractivity contribution < 1.29 is 14.9 Å². The second-order valence-corrected chi connectivity index (χ2v) is 6.32. The Kier molecular flexibility index (Phi) is 4.53. The molecule has 0 aliphatic carbocycles. The molecule has 0 aliphatic rings. The Bertz CT molecular complexity index is 565. The summed E-state index contributed by atoms with van der Waals surface area (Å²) in [5, 5.41) is 18.7. The molecule has 0 saturated carbocycles. The van der Waals surface area contributed by atoms with E-state index in [1.165, 1.54) is 0 Å². The molecule has 0 saturated heterocycles.